The number of aryl methyl sites for hydroxylation is 2. The minimum Gasteiger partial charge on any atom is -0.494 e. The second-order valence-electron chi connectivity index (χ2n) is 5.88. The smallest absolute Gasteiger partial charge is 0.278 e. The van der Waals surface area contributed by atoms with Crippen LogP contribution in [0.15, 0.2) is 42.5 Å². The minimum absolute atomic E-state index is 0.283. The highest BCUT2D eigenvalue weighted by molar-refractivity contribution is 6.04. The van der Waals surface area contributed by atoms with E-state index in [1.165, 1.54) is 0 Å². The summed E-state index contributed by atoms with van der Waals surface area (Å²) in [7, 11) is 1.60. The Morgan fingerprint density at radius 1 is 1.12 bits per heavy atom. The summed E-state index contributed by atoms with van der Waals surface area (Å²) in [4.78, 5) is 12.6. The molecule has 0 aliphatic rings. The Kier molecular flexibility index (Phi) is 4.52. The number of anilines is 1. The van der Waals surface area contributed by atoms with E-state index in [-0.39, 0.29) is 11.6 Å². The van der Waals surface area contributed by atoms with Gasteiger partial charge < -0.3 is 10.1 Å². The molecule has 0 bridgehead atoms. The highest BCUT2D eigenvalue weighted by Crippen LogP contribution is 2.24. The molecule has 0 fully saturated rings. The zero-order valence-corrected chi connectivity index (χ0v) is 14.7. The Morgan fingerprint density at radius 3 is 2.60 bits per heavy atom. The van der Waals surface area contributed by atoms with Gasteiger partial charge in [-0.25, -0.2) is 4.68 Å². The lowest BCUT2D eigenvalue weighted by Crippen LogP contribution is -2.15. The second-order valence-corrected chi connectivity index (χ2v) is 5.88. The Bertz CT molecular complexity index is 931. The molecule has 25 heavy (non-hydrogen) atoms. The second kappa shape index (κ2) is 6.76. The molecule has 1 N–H and O–H groups in total. The molecule has 3 rings (SSSR count). The van der Waals surface area contributed by atoms with E-state index in [9.17, 15) is 4.79 Å². The van der Waals surface area contributed by atoms with E-state index in [2.05, 4.69) is 15.6 Å². The van der Waals surface area contributed by atoms with Crippen LogP contribution in [0.3, 0.4) is 0 Å². The lowest BCUT2D eigenvalue weighted by atomic mass is 10.1. The molecule has 0 radical (unpaired) electrons. The monoisotopic (exact) mass is 336 g/mol. The van der Waals surface area contributed by atoms with Crippen molar-refractivity contribution in [3.8, 4) is 11.4 Å². The maximum atomic E-state index is 12.6. The SMILES string of the molecule is COc1ccccc1-n1nnc(C(=O)Nc2ccc(C)cc2C)c1C. The third-order valence-corrected chi connectivity index (χ3v) is 4.05. The normalized spacial score (nSPS) is 10.6. The zero-order chi connectivity index (χ0) is 18.0. The van der Waals surface area contributed by atoms with Gasteiger partial charge in [-0.2, -0.15) is 0 Å². The topological polar surface area (TPSA) is 69.0 Å². The van der Waals surface area contributed by atoms with E-state index in [1.54, 1.807) is 11.8 Å². The highest BCUT2D eigenvalue weighted by Gasteiger charge is 2.19. The molecule has 1 amide bonds. The van der Waals surface area contributed by atoms with Crippen LogP contribution < -0.4 is 10.1 Å². The van der Waals surface area contributed by atoms with Crippen molar-refractivity contribution in [1.29, 1.82) is 0 Å². The number of para-hydroxylation sites is 2. The predicted octanol–water partition coefficient (Wildman–Crippen LogP) is 3.45. The van der Waals surface area contributed by atoms with Crippen LogP contribution in [0.25, 0.3) is 5.69 Å². The Balaban J connectivity index is 1.91. The first-order valence-electron chi connectivity index (χ1n) is 7.95. The van der Waals surface area contributed by atoms with Crippen molar-refractivity contribution < 1.29 is 9.53 Å². The number of nitrogens with zero attached hydrogens (tertiary/aromatic N) is 3. The largest absolute Gasteiger partial charge is 0.494 e. The number of ether oxygens (including phenoxy) is 1. The van der Waals surface area contributed by atoms with Gasteiger partial charge in [-0.3, -0.25) is 4.79 Å². The van der Waals surface area contributed by atoms with Crippen molar-refractivity contribution in [2.75, 3.05) is 12.4 Å². The summed E-state index contributed by atoms with van der Waals surface area (Å²) in [6.07, 6.45) is 0. The molecule has 0 spiro atoms. The number of amides is 1. The molecule has 0 atom stereocenters. The van der Waals surface area contributed by atoms with Crippen LogP contribution in [0.2, 0.25) is 0 Å². The Morgan fingerprint density at radius 2 is 1.88 bits per heavy atom. The lowest BCUT2D eigenvalue weighted by molar-refractivity contribution is 0.102. The van der Waals surface area contributed by atoms with E-state index >= 15 is 0 Å². The molecule has 0 unspecified atom stereocenters. The van der Waals surface area contributed by atoms with E-state index in [1.807, 2.05) is 63.2 Å². The van der Waals surface area contributed by atoms with Crippen molar-refractivity contribution in [3.05, 3.63) is 65.0 Å². The fraction of sp³-hybridized carbons (Fsp3) is 0.211. The quantitative estimate of drug-likeness (QED) is 0.792. The summed E-state index contributed by atoms with van der Waals surface area (Å²) in [6.45, 7) is 5.78. The number of rotatable bonds is 4. The van der Waals surface area contributed by atoms with Crippen molar-refractivity contribution >= 4 is 11.6 Å². The van der Waals surface area contributed by atoms with Crippen LogP contribution in [0, 0.1) is 20.8 Å². The summed E-state index contributed by atoms with van der Waals surface area (Å²) in [5.41, 5.74) is 4.58. The number of methoxy groups -OCH3 is 1. The van der Waals surface area contributed by atoms with Crippen molar-refractivity contribution in [3.63, 3.8) is 0 Å². The van der Waals surface area contributed by atoms with Crippen LogP contribution in [-0.4, -0.2) is 28.0 Å². The third kappa shape index (κ3) is 3.24. The van der Waals surface area contributed by atoms with Crippen molar-refractivity contribution in [2.24, 2.45) is 0 Å². The summed E-state index contributed by atoms with van der Waals surface area (Å²) in [5.74, 6) is 0.377. The first-order valence-corrected chi connectivity index (χ1v) is 7.95. The number of nitrogens with one attached hydrogen (secondary N) is 1. The fourth-order valence-corrected chi connectivity index (χ4v) is 2.71. The third-order valence-electron chi connectivity index (χ3n) is 4.05. The van der Waals surface area contributed by atoms with Crippen LogP contribution >= 0.6 is 0 Å². The van der Waals surface area contributed by atoms with E-state index in [0.717, 1.165) is 22.5 Å². The summed E-state index contributed by atoms with van der Waals surface area (Å²) in [5, 5.41) is 11.1. The zero-order valence-electron chi connectivity index (χ0n) is 14.7. The number of aromatic nitrogens is 3. The first kappa shape index (κ1) is 16.7. The highest BCUT2D eigenvalue weighted by atomic mass is 16.5. The van der Waals surface area contributed by atoms with Gasteiger partial charge in [0.05, 0.1) is 12.8 Å². The maximum Gasteiger partial charge on any atom is 0.278 e. The van der Waals surface area contributed by atoms with E-state index in [4.69, 9.17) is 4.74 Å². The van der Waals surface area contributed by atoms with E-state index < -0.39 is 0 Å². The average molecular weight is 336 g/mol. The van der Waals surface area contributed by atoms with Gasteiger partial charge in [0, 0.05) is 5.69 Å². The van der Waals surface area contributed by atoms with E-state index in [0.29, 0.717) is 11.4 Å². The number of hydrogen-bond acceptors (Lipinski definition) is 4. The van der Waals surface area contributed by atoms with Gasteiger partial charge in [-0.05, 0) is 44.5 Å². The fourth-order valence-electron chi connectivity index (χ4n) is 2.71. The molecule has 0 saturated carbocycles. The number of benzene rings is 2. The number of hydrogen-bond donors (Lipinski definition) is 1. The predicted molar refractivity (Wildman–Crippen MR) is 96.5 cm³/mol. The molecular formula is C19H20N4O2. The van der Waals surface area contributed by atoms with Gasteiger partial charge in [0.2, 0.25) is 0 Å². The molecule has 6 nitrogen and oxygen atoms in total. The number of carbonyl (C=O) groups excluding carboxylic acids is 1. The molecule has 0 aliphatic heterocycles. The Labute approximate surface area is 146 Å². The van der Waals surface area contributed by atoms with Gasteiger partial charge in [0.1, 0.15) is 11.4 Å². The van der Waals surface area contributed by atoms with Gasteiger partial charge in [0.25, 0.3) is 5.91 Å². The molecule has 1 heterocycles. The van der Waals surface area contributed by atoms with Crippen LogP contribution in [0.5, 0.6) is 5.75 Å². The molecular weight excluding hydrogens is 316 g/mol. The minimum atomic E-state index is -0.286. The van der Waals surface area contributed by atoms with Crippen LogP contribution in [0.1, 0.15) is 27.3 Å². The molecule has 3 aromatic rings. The maximum absolute atomic E-state index is 12.6. The molecule has 2 aromatic carbocycles. The van der Waals surface area contributed by atoms with Crippen molar-refractivity contribution in [2.45, 2.75) is 20.8 Å². The average Bonchev–Trinajstić information content (AvgIpc) is 2.98. The lowest BCUT2D eigenvalue weighted by Gasteiger charge is -2.10. The summed E-state index contributed by atoms with van der Waals surface area (Å²) in [6, 6.07) is 13.3. The molecule has 128 valence electrons. The first-order chi connectivity index (χ1) is 12.0. The molecule has 6 heteroatoms. The molecule has 0 aliphatic carbocycles. The van der Waals surface area contributed by atoms with Crippen LogP contribution in [0.4, 0.5) is 5.69 Å². The number of carbonyl (C=O) groups is 1. The van der Waals surface area contributed by atoms with Gasteiger partial charge in [0.15, 0.2) is 5.69 Å². The van der Waals surface area contributed by atoms with Gasteiger partial charge in [-0.15, -0.1) is 5.10 Å². The summed E-state index contributed by atoms with van der Waals surface area (Å²) < 4.78 is 6.96. The Hall–Kier alpha value is -3.15. The van der Waals surface area contributed by atoms with Gasteiger partial charge in [-0.1, -0.05) is 35.0 Å². The molecule has 0 saturated heterocycles. The standard InChI is InChI=1S/C19H20N4O2/c1-12-9-10-15(13(2)11-12)20-19(24)18-14(3)23(22-21-18)16-7-5-6-8-17(16)25-4/h5-11H,1-4H3,(H,20,24). The van der Waals surface area contributed by atoms with Crippen molar-refractivity contribution in [1.82, 2.24) is 15.0 Å². The summed E-state index contributed by atoms with van der Waals surface area (Å²) >= 11 is 0. The van der Waals surface area contributed by atoms with Gasteiger partial charge >= 0.3 is 0 Å². The molecule has 1 aromatic heterocycles. The van der Waals surface area contributed by atoms with Crippen LogP contribution in [-0.2, 0) is 0 Å².